The van der Waals surface area contributed by atoms with E-state index in [1.807, 2.05) is 24.7 Å². The van der Waals surface area contributed by atoms with Gasteiger partial charge >= 0.3 is 0 Å². The van der Waals surface area contributed by atoms with Gasteiger partial charge in [-0.1, -0.05) is 34.8 Å². The Balaban J connectivity index is 2.18. The van der Waals surface area contributed by atoms with E-state index in [0.717, 1.165) is 11.4 Å². The monoisotopic (exact) mass is 303 g/mol. The number of aryl methyl sites for hydroxylation is 2. The van der Waals surface area contributed by atoms with Gasteiger partial charge in [0.15, 0.2) is 0 Å². The van der Waals surface area contributed by atoms with E-state index in [1.54, 1.807) is 12.1 Å². The van der Waals surface area contributed by atoms with E-state index >= 15 is 0 Å². The molecular formula is C12H12Cl3N3. The number of benzene rings is 1. The topological polar surface area (TPSA) is 29.9 Å². The Hall–Kier alpha value is -0.900. The molecule has 0 bridgehead atoms. The van der Waals surface area contributed by atoms with E-state index in [0.29, 0.717) is 27.3 Å². The van der Waals surface area contributed by atoms with E-state index < -0.39 is 0 Å². The molecule has 18 heavy (non-hydrogen) atoms. The molecule has 0 atom stereocenters. The highest BCUT2D eigenvalue weighted by molar-refractivity contribution is 6.41. The minimum Gasteiger partial charge on any atom is -0.377 e. The lowest BCUT2D eigenvalue weighted by Crippen LogP contribution is -2.06. The maximum Gasteiger partial charge on any atom is 0.0723 e. The fourth-order valence-electron chi connectivity index (χ4n) is 1.72. The van der Waals surface area contributed by atoms with Crippen LogP contribution in [0.15, 0.2) is 18.2 Å². The first-order valence-corrected chi connectivity index (χ1v) is 6.48. The summed E-state index contributed by atoms with van der Waals surface area (Å²) in [6, 6.07) is 5.32. The summed E-state index contributed by atoms with van der Waals surface area (Å²) in [6.07, 6.45) is 0. The number of hydrogen-bond donors (Lipinski definition) is 1. The summed E-state index contributed by atoms with van der Waals surface area (Å²) in [7, 11) is 1.90. The second-order valence-corrected chi connectivity index (χ2v) is 5.25. The molecule has 2 rings (SSSR count). The van der Waals surface area contributed by atoms with Crippen molar-refractivity contribution in [2.75, 3.05) is 5.32 Å². The molecule has 3 nitrogen and oxygen atoms in total. The van der Waals surface area contributed by atoms with Crippen LogP contribution in [0.25, 0.3) is 0 Å². The third kappa shape index (κ3) is 2.91. The van der Waals surface area contributed by atoms with Crippen molar-refractivity contribution in [3.05, 3.63) is 44.7 Å². The first-order chi connectivity index (χ1) is 8.47. The predicted octanol–water partition coefficient (Wildman–Crippen LogP) is 4.30. The number of anilines is 1. The van der Waals surface area contributed by atoms with Crippen molar-refractivity contribution in [3.63, 3.8) is 0 Å². The molecule has 96 valence electrons. The normalized spacial score (nSPS) is 10.7. The minimum absolute atomic E-state index is 0.506. The molecule has 0 unspecified atom stereocenters. The highest BCUT2D eigenvalue weighted by atomic mass is 35.5. The zero-order valence-electron chi connectivity index (χ0n) is 9.97. The van der Waals surface area contributed by atoms with Crippen LogP contribution in [0.2, 0.25) is 15.1 Å². The van der Waals surface area contributed by atoms with Gasteiger partial charge in [-0.2, -0.15) is 5.10 Å². The molecule has 1 N–H and O–H groups in total. The summed E-state index contributed by atoms with van der Waals surface area (Å²) in [5.41, 5.74) is 2.71. The van der Waals surface area contributed by atoms with Gasteiger partial charge in [-0.3, -0.25) is 4.68 Å². The molecule has 0 amide bonds. The molecular weight excluding hydrogens is 293 g/mol. The van der Waals surface area contributed by atoms with Crippen molar-refractivity contribution >= 4 is 40.5 Å². The number of nitrogens with one attached hydrogen (secondary N) is 1. The van der Waals surface area contributed by atoms with E-state index in [-0.39, 0.29) is 0 Å². The van der Waals surface area contributed by atoms with Crippen LogP contribution in [0.5, 0.6) is 0 Å². The minimum atomic E-state index is 0.506. The molecule has 0 saturated heterocycles. The maximum atomic E-state index is 6.09. The second kappa shape index (κ2) is 5.39. The second-order valence-electron chi connectivity index (χ2n) is 4.00. The van der Waals surface area contributed by atoms with Crippen LogP contribution in [0, 0.1) is 6.92 Å². The Morgan fingerprint density at radius 1 is 1.17 bits per heavy atom. The summed E-state index contributed by atoms with van der Waals surface area (Å²) in [6.45, 7) is 2.55. The smallest absolute Gasteiger partial charge is 0.0723 e. The predicted molar refractivity (Wildman–Crippen MR) is 76.7 cm³/mol. The molecule has 0 aliphatic rings. The van der Waals surface area contributed by atoms with Crippen LogP contribution >= 0.6 is 34.8 Å². The SMILES string of the molecule is Cc1cc(CNc2c(Cl)cc(Cl)cc2Cl)n(C)n1. The number of nitrogens with zero attached hydrogens (tertiary/aromatic N) is 2. The van der Waals surface area contributed by atoms with Gasteiger partial charge in [0.25, 0.3) is 0 Å². The summed E-state index contributed by atoms with van der Waals surface area (Å²) < 4.78 is 1.82. The lowest BCUT2D eigenvalue weighted by molar-refractivity contribution is 0.713. The van der Waals surface area contributed by atoms with Crippen LogP contribution in [-0.4, -0.2) is 9.78 Å². The molecule has 0 aliphatic carbocycles. The molecule has 0 aliphatic heterocycles. The molecule has 2 aromatic rings. The molecule has 0 spiro atoms. The molecule has 0 radical (unpaired) electrons. The fraction of sp³-hybridized carbons (Fsp3) is 0.250. The zero-order chi connectivity index (χ0) is 13.3. The largest absolute Gasteiger partial charge is 0.377 e. The van der Waals surface area contributed by atoms with Gasteiger partial charge in [0, 0.05) is 12.1 Å². The Bertz CT molecular complexity index is 555. The van der Waals surface area contributed by atoms with Crippen molar-refractivity contribution in [3.8, 4) is 0 Å². The molecule has 1 aromatic carbocycles. The maximum absolute atomic E-state index is 6.09. The van der Waals surface area contributed by atoms with E-state index in [1.165, 1.54) is 0 Å². The fourth-order valence-corrected chi connectivity index (χ4v) is 2.67. The van der Waals surface area contributed by atoms with Gasteiger partial charge in [-0.15, -0.1) is 0 Å². The van der Waals surface area contributed by atoms with Gasteiger partial charge in [0.05, 0.1) is 33.7 Å². The number of rotatable bonds is 3. The molecule has 0 fully saturated rings. The van der Waals surface area contributed by atoms with Crippen molar-refractivity contribution in [2.24, 2.45) is 7.05 Å². The van der Waals surface area contributed by atoms with Gasteiger partial charge in [-0.05, 0) is 25.1 Å². The van der Waals surface area contributed by atoms with Crippen molar-refractivity contribution < 1.29 is 0 Å². The summed E-state index contributed by atoms with van der Waals surface area (Å²) in [4.78, 5) is 0. The first-order valence-electron chi connectivity index (χ1n) is 5.35. The van der Waals surface area contributed by atoms with Crippen LogP contribution in [-0.2, 0) is 13.6 Å². The van der Waals surface area contributed by atoms with Gasteiger partial charge in [0.1, 0.15) is 0 Å². The number of aromatic nitrogens is 2. The molecule has 0 saturated carbocycles. The Kier molecular flexibility index (Phi) is 4.05. The first kappa shape index (κ1) is 13.5. The number of hydrogen-bond acceptors (Lipinski definition) is 2. The van der Waals surface area contributed by atoms with Crippen molar-refractivity contribution in [1.29, 1.82) is 0 Å². The summed E-state index contributed by atoms with van der Waals surface area (Å²) in [5.74, 6) is 0. The highest BCUT2D eigenvalue weighted by Crippen LogP contribution is 2.33. The third-order valence-corrected chi connectivity index (χ3v) is 3.37. The van der Waals surface area contributed by atoms with Gasteiger partial charge in [-0.25, -0.2) is 0 Å². The summed E-state index contributed by atoms with van der Waals surface area (Å²) >= 11 is 18.0. The van der Waals surface area contributed by atoms with E-state index in [9.17, 15) is 0 Å². The van der Waals surface area contributed by atoms with Crippen LogP contribution < -0.4 is 5.32 Å². The Morgan fingerprint density at radius 3 is 2.28 bits per heavy atom. The Morgan fingerprint density at radius 2 is 1.78 bits per heavy atom. The van der Waals surface area contributed by atoms with Crippen LogP contribution in [0.3, 0.4) is 0 Å². The summed E-state index contributed by atoms with van der Waals surface area (Å²) in [5, 5.41) is 9.00. The zero-order valence-corrected chi connectivity index (χ0v) is 12.2. The van der Waals surface area contributed by atoms with Gasteiger partial charge < -0.3 is 5.32 Å². The molecule has 1 aromatic heterocycles. The Labute approximate surface area is 121 Å². The lowest BCUT2D eigenvalue weighted by Gasteiger charge is -2.11. The highest BCUT2D eigenvalue weighted by Gasteiger charge is 2.09. The van der Waals surface area contributed by atoms with E-state index in [4.69, 9.17) is 34.8 Å². The third-order valence-electron chi connectivity index (χ3n) is 2.55. The number of halogens is 3. The van der Waals surface area contributed by atoms with Crippen molar-refractivity contribution in [1.82, 2.24) is 9.78 Å². The van der Waals surface area contributed by atoms with Crippen molar-refractivity contribution in [2.45, 2.75) is 13.5 Å². The molecule has 6 heteroatoms. The average Bonchev–Trinajstić information content (AvgIpc) is 2.55. The molecule has 1 heterocycles. The lowest BCUT2D eigenvalue weighted by atomic mass is 10.3. The van der Waals surface area contributed by atoms with E-state index in [2.05, 4.69) is 10.4 Å². The average molecular weight is 305 g/mol. The van der Waals surface area contributed by atoms with Gasteiger partial charge in [0.2, 0.25) is 0 Å². The quantitative estimate of drug-likeness (QED) is 0.916. The van der Waals surface area contributed by atoms with Crippen LogP contribution in [0.4, 0.5) is 5.69 Å². The van der Waals surface area contributed by atoms with Crippen LogP contribution in [0.1, 0.15) is 11.4 Å². The standard InChI is InChI=1S/C12H12Cl3N3/c1-7-3-9(18(2)17-7)6-16-12-10(14)4-8(13)5-11(12)15/h3-5,16H,6H2,1-2H3.